The zero-order chi connectivity index (χ0) is 22.1. The van der Waals surface area contributed by atoms with Gasteiger partial charge in [0, 0.05) is 30.6 Å². The van der Waals surface area contributed by atoms with Gasteiger partial charge in [-0.25, -0.2) is 0 Å². The van der Waals surface area contributed by atoms with Crippen molar-refractivity contribution in [1.29, 1.82) is 5.26 Å². The van der Waals surface area contributed by atoms with Gasteiger partial charge in [-0.05, 0) is 62.1 Å². The van der Waals surface area contributed by atoms with Gasteiger partial charge in [-0.15, -0.1) is 5.10 Å². The average Bonchev–Trinajstić information content (AvgIpc) is 3.59. The summed E-state index contributed by atoms with van der Waals surface area (Å²) in [4.78, 5) is 31.3. The Hall–Kier alpha value is -3.93. The number of pyridine rings is 1. The summed E-state index contributed by atoms with van der Waals surface area (Å²) in [6.45, 7) is 1.43. The highest BCUT2D eigenvalue weighted by Gasteiger charge is 2.31. The lowest BCUT2D eigenvalue weighted by molar-refractivity contribution is -0.120. The van der Waals surface area contributed by atoms with E-state index >= 15 is 0 Å². The predicted octanol–water partition coefficient (Wildman–Crippen LogP) is 2.80. The molecule has 0 spiro atoms. The van der Waals surface area contributed by atoms with Gasteiger partial charge in [-0.2, -0.15) is 14.8 Å². The molecule has 3 heterocycles. The molecule has 0 radical (unpaired) electrons. The minimum absolute atomic E-state index is 0.00148. The van der Waals surface area contributed by atoms with Crippen LogP contribution in [0.3, 0.4) is 0 Å². The van der Waals surface area contributed by atoms with Crippen LogP contribution in [0.1, 0.15) is 31.2 Å². The Morgan fingerprint density at radius 1 is 0.938 bits per heavy atom. The fourth-order valence-electron chi connectivity index (χ4n) is 3.98. The summed E-state index contributed by atoms with van der Waals surface area (Å²) in [6.07, 6.45) is 3.30. The number of nitrogens with zero attached hydrogens (tertiary/aromatic N) is 5. The molecule has 32 heavy (non-hydrogen) atoms. The maximum absolute atomic E-state index is 12.7. The summed E-state index contributed by atoms with van der Waals surface area (Å²) < 4.78 is 1.75. The van der Waals surface area contributed by atoms with Crippen LogP contribution in [0.25, 0.3) is 5.65 Å². The molecule has 3 aromatic rings. The number of carbonyl (C=O) groups excluding carboxylic acids is 2. The highest BCUT2D eigenvalue weighted by Crippen LogP contribution is 2.30. The quantitative estimate of drug-likeness (QED) is 0.644. The molecule has 2 amide bonds. The molecule has 1 aliphatic carbocycles. The largest absolute Gasteiger partial charge is 0.356 e. The topological polar surface area (TPSA) is 115 Å². The molecule has 9 heteroatoms. The minimum atomic E-state index is -0.0785. The zero-order valence-electron chi connectivity index (χ0n) is 17.5. The molecule has 1 aromatic carbocycles. The second-order valence-corrected chi connectivity index (χ2v) is 8.29. The molecule has 1 saturated carbocycles. The van der Waals surface area contributed by atoms with Crippen molar-refractivity contribution < 1.29 is 9.59 Å². The molecule has 162 valence electrons. The van der Waals surface area contributed by atoms with Crippen LogP contribution in [-0.4, -0.2) is 39.5 Å². The zero-order valence-corrected chi connectivity index (χ0v) is 17.5. The summed E-state index contributed by atoms with van der Waals surface area (Å²) >= 11 is 0. The number of nitriles is 1. The van der Waals surface area contributed by atoms with E-state index in [1.165, 1.54) is 0 Å². The number of carbonyl (C=O) groups is 2. The number of piperidine rings is 1. The molecular formula is C23H23N7O2. The van der Waals surface area contributed by atoms with Gasteiger partial charge >= 0.3 is 0 Å². The van der Waals surface area contributed by atoms with Crippen molar-refractivity contribution in [2.45, 2.75) is 25.7 Å². The third kappa shape index (κ3) is 4.12. The Kier molecular flexibility index (Phi) is 5.19. The summed E-state index contributed by atoms with van der Waals surface area (Å²) in [5.41, 5.74) is 1.94. The van der Waals surface area contributed by atoms with Gasteiger partial charge in [-0.3, -0.25) is 14.9 Å². The third-order valence-corrected chi connectivity index (χ3v) is 5.99. The molecule has 1 aliphatic heterocycles. The van der Waals surface area contributed by atoms with Crippen molar-refractivity contribution in [2.75, 3.05) is 28.6 Å². The van der Waals surface area contributed by atoms with Gasteiger partial charge in [0.2, 0.25) is 17.8 Å². The summed E-state index contributed by atoms with van der Waals surface area (Å²) in [6, 6.07) is 14.7. The summed E-state index contributed by atoms with van der Waals surface area (Å²) in [5.74, 6) is 1.22. The van der Waals surface area contributed by atoms with Crippen molar-refractivity contribution in [3.63, 3.8) is 0 Å². The maximum atomic E-state index is 12.7. The number of nitrogens with one attached hydrogen (secondary N) is 2. The molecular weight excluding hydrogens is 406 g/mol. The predicted molar refractivity (Wildman–Crippen MR) is 119 cm³/mol. The molecule has 1 saturated heterocycles. The van der Waals surface area contributed by atoms with Crippen molar-refractivity contribution >= 4 is 34.9 Å². The van der Waals surface area contributed by atoms with E-state index in [2.05, 4.69) is 31.7 Å². The van der Waals surface area contributed by atoms with E-state index in [-0.39, 0.29) is 23.7 Å². The van der Waals surface area contributed by atoms with E-state index in [0.717, 1.165) is 31.5 Å². The standard InChI is InChI=1S/C23H23N7O2/c24-14-15-4-8-18(9-5-15)25-21(31)17-10-12-29(13-11-17)20-3-1-2-19-26-23(28-30(19)20)27-22(32)16-6-7-16/h1-5,8-9,16-17H,6-7,10-13H2,(H,25,31)(H,27,28,32). The Morgan fingerprint density at radius 3 is 2.31 bits per heavy atom. The fourth-order valence-corrected chi connectivity index (χ4v) is 3.98. The number of benzene rings is 1. The molecule has 2 aliphatic rings. The van der Waals surface area contributed by atoms with Crippen molar-refractivity contribution in [3.05, 3.63) is 48.0 Å². The molecule has 0 unspecified atom stereocenters. The SMILES string of the molecule is N#Cc1ccc(NC(=O)C2CCN(c3cccc4nc(NC(=O)C5CC5)nn34)CC2)cc1. The molecule has 0 bridgehead atoms. The Balaban J connectivity index is 1.23. The van der Waals surface area contributed by atoms with Gasteiger partial charge in [0.1, 0.15) is 5.82 Å². The normalized spacial score (nSPS) is 16.5. The molecule has 2 fully saturated rings. The van der Waals surface area contributed by atoms with Crippen molar-refractivity contribution in [1.82, 2.24) is 14.6 Å². The first kappa shape index (κ1) is 20.0. The van der Waals surface area contributed by atoms with E-state index in [0.29, 0.717) is 35.9 Å². The minimum Gasteiger partial charge on any atom is -0.356 e. The van der Waals surface area contributed by atoms with E-state index in [4.69, 9.17) is 5.26 Å². The van der Waals surface area contributed by atoms with E-state index in [9.17, 15) is 9.59 Å². The highest BCUT2D eigenvalue weighted by atomic mass is 16.2. The van der Waals surface area contributed by atoms with Gasteiger partial charge < -0.3 is 10.2 Å². The van der Waals surface area contributed by atoms with Gasteiger partial charge in [0.05, 0.1) is 11.6 Å². The van der Waals surface area contributed by atoms with E-state index < -0.39 is 0 Å². The first-order valence-electron chi connectivity index (χ1n) is 10.8. The fraction of sp³-hybridized carbons (Fsp3) is 0.348. The lowest BCUT2D eigenvalue weighted by atomic mass is 9.95. The number of amides is 2. The second-order valence-electron chi connectivity index (χ2n) is 8.29. The number of anilines is 3. The first-order valence-corrected chi connectivity index (χ1v) is 10.8. The number of rotatable bonds is 5. The van der Waals surface area contributed by atoms with Crippen LogP contribution in [0.5, 0.6) is 0 Å². The van der Waals surface area contributed by atoms with Crippen LogP contribution < -0.4 is 15.5 Å². The lowest BCUT2D eigenvalue weighted by Crippen LogP contribution is -2.39. The summed E-state index contributed by atoms with van der Waals surface area (Å²) in [5, 5.41) is 19.1. The lowest BCUT2D eigenvalue weighted by Gasteiger charge is -2.32. The highest BCUT2D eigenvalue weighted by molar-refractivity contribution is 5.93. The van der Waals surface area contributed by atoms with Crippen molar-refractivity contribution in [2.24, 2.45) is 11.8 Å². The molecule has 2 aromatic heterocycles. The molecule has 2 N–H and O–H groups in total. The smallest absolute Gasteiger partial charge is 0.249 e. The Bertz CT molecular complexity index is 1200. The number of fused-ring (bicyclic) bond motifs is 1. The number of aromatic nitrogens is 3. The van der Waals surface area contributed by atoms with Gasteiger partial charge in [0.15, 0.2) is 5.65 Å². The Morgan fingerprint density at radius 2 is 1.62 bits per heavy atom. The van der Waals surface area contributed by atoms with E-state index in [1.807, 2.05) is 18.2 Å². The second kappa shape index (κ2) is 8.30. The first-order chi connectivity index (χ1) is 15.6. The number of hydrogen-bond acceptors (Lipinski definition) is 6. The molecule has 5 rings (SSSR count). The Labute approximate surface area is 185 Å². The molecule has 9 nitrogen and oxygen atoms in total. The van der Waals surface area contributed by atoms with Crippen LogP contribution in [0.2, 0.25) is 0 Å². The van der Waals surface area contributed by atoms with Crippen LogP contribution >= 0.6 is 0 Å². The van der Waals surface area contributed by atoms with Gasteiger partial charge in [-0.1, -0.05) is 6.07 Å². The van der Waals surface area contributed by atoms with E-state index in [1.54, 1.807) is 28.8 Å². The van der Waals surface area contributed by atoms with Crippen molar-refractivity contribution in [3.8, 4) is 6.07 Å². The monoisotopic (exact) mass is 429 g/mol. The van der Waals surface area contributed by atoms with Crippen LogP contribution in [0.4, 0.5) is 17.5 Å². The maximum Gasteiger partial charge on any atom is 0.249 e. The van der Waals surface area contributed by atoms with Gasteiger partial charge in [0.25, 0.3) is 0 Å². The molecule has 0 atom stereocenters. The van der Waals surface area contributed by atoms with Crippen LogP contribution in [0.15, 0.2) is 42.5 Å². The average molecular weight is 429 g/mol. The van der Waals surface area contributed by atoms with Crippen LogP contribution in [0, 0.1) is 23.2 Å². The number of hydrogen-bond donors (Lipinski definition) is 2. The summed E-state index contributed by atoms with van der Waals surface area (Å²) in [7, 11) is 0. The third-order valence-electron chi connectivity index (χ3n) is 5.99. The van der Waals surface area contributed by atoms with Crippen LogP contribution in [-0.2, 0) is 9.59 Å².